The average molecular weight is 445 g/mol. The average Bonchev–Trinajstić information content (AvgIpc) is 2.73. The Labute approximate surface area is 179 Å². The molecule has 10 heteroatoms. The van der Waals surface area contributed by atoms with Gasteiger partial charge in [-0.3, -0.25) is 14.9 Å². The van der Waals surface area contributed by atoms with Crippen LogP contribution in [0, 0.1) is 10.1 Å². The van der Waals surface area contributed by atoms with Crippen LogP contribution in [0.5, 0.6) is 0 Å². The zero-order chi connectivity index (χ0) is 22.4. The highest BCUT2D eigenvalue weighted by Crippen LogP contribution is 2.34. The molecule has 1 heterocycles. The van der Waals surface area contributed by atoms with E-state index in [1.54, 1.807) is 30.3 Å². The predicted octanol–water partition coefficient (Wildman–Crippen LogP) is 5.81. The molecule has 31 heavy (non-hydrogen) atoms. The number of carbonyl (C=O) groups is 1. The minimum absolute atomic E-state index is 0.187. The summed E-state index contributed by atoms with van der Waals surface area (Å²) in [7, 11) is 0. The summed E-state index contributed by atoms with van der Waals surface area (Å²) in [6.07, 6.45) is -1.16. The Hall–Kier alpha value is -3.66. The van der Waals surface area contributed by atoms with E-state index in [1.165, 1.54) is 36.4 Å². The summed E-state index contributed by atoms with van der Waals surface area (Å²) in [4.78, 5) is 27.0. The maximum absolute atomic E-state index is 12.7. The van der Waals surface area contributed by atoms with Crippen molar-refractivity contribution >= 4 is 35.1 Å². The molecule has 0 fully saturated rings. The lowest BCUT2D eigenvalue weighted by Gasteiger charge is -2.08. The van der Waals surface area contributed by atoms with E-state index in [2.05, 4.69) is 10.3 Å². The Morgan fingerprint density at radius 1 is 1.10 bits per heavy atom. The van der Waals surface area contributed by atoms with Gasteiger partial charge in [0.1, 0.15) is 5.03 Å². The standard InChI is InChI=1S/C21H14F3N3O3S/c22-21(23,24)15-7-11-20(25-13-15)31-18-9-8-17(27(29)30)12-14(18)6-10-19(28)26-16-4-2-1-3-5-16/h1-13H,(H,26,28). The van der Waals surface area contributed by atoms with Gasteiger partial charge >= 0.3 is 6.18 Å². The first-order valence-electron chi connectivity index (χ1n) is 8.76. The van der Waals surface area contributed by atoms with E-state index in [9.17, 15) is 28.1 Å². The monoisotopic (exact) mass is 445 g/mol. The normalized spacial score (nSPS) is 11.5. The maximum atomic E-state index is 12.7. The molecule has 0 aliphatic heterocycles. The van der Waals surface area contributed by atoms with Gasteiger partial charge in [-0.15, -0.1) is 0 Å². The maximum Gasteiger partial charge on any atom is 0.417 e. The van der Waals surface area contributed by atoms with Crippen LogP contribution in [0.15, 0.2) is 82.9 Å². The number of hydrogen-bond donors (Lipinski definition) is 1. The van der Waals surface area contributed by atoms with Crippen molar-refractivity contribution in [2.45, 2.75) is 16.1 Å². The lowest BCUT2D eigenvalue weighted by atomic mass is 10.2. The third kappa shape index (κ3) is 6.16. The van der Waals surface area contributed by atoms with Gasteiger partial charge in [-0.1, -0.05) is 30.0 Å². The largest absolute Gasteiger partial charge is 0.417 e. The second-order valence-corrected chi connectivity index (χ2v) is 7.22. The number of para-hydroxylation sites is 1. The number of hydrogen-bond acceptors (Lipinski definition) is 5. The van der Waals surface area contributed by atoms with E-state index in [-0.39, 0.29) is 10.7 Å². The molecule has 0 unspecified atom stereocenters. The third-order valence-electron chi connectivity index (χ3n) is 3.94. The summed E-state index contributed by atoms with van der Waals surface area (Å²) in [5.74, 6) is -0.443. The van der Waals surface area contributed by atoms with E-state index < -0.39 is 22.6 Å². The number of alkyl halides is 3. The number of nitro groups is 1. The van der Waals surface area contributed by atoms with Crippen molar-refractivity contribution in [2.24, 2.45) is 0 Å². The summed E-state index contributed by atoms with van der Waals surface area (Å²) >= 11 is 1.03. The fourth-order valence-corrected chi connectivity index (χ4v) is 3.31. The van der Waals surface area contributed by atoms with Crippen LogP contribution in [-0.2, 0) is 11.0 Å². The third-order valence-corrected chi connectivity index (χ3v) is 4.98. The van der Waals surface area contributed by atoms with Crippen LogP contribution in [0.25, 0.3) is 6.08 Å². The Morgan fingerprint density at radius 2 is 1.84 bits per heavy atom. The number of nitrogens with one attached hydrogen (secondary N) is 1. The van der Waals surface area contributed by atoms with E-state index in [1.807, 2.05) is 0 Å². The number of anilines is 1. The second kappa shape index (κ2) is 9.43. The molecule has 0 bridgehead atoms. The Bertz CT molecular complexity index is 1120. The number of carbonyl (C=O) groups excluding carboxylic acids is 1. The lowest BCUT2D eigenvalue weighted by molar-refractivity contribution is -0.384. The van der Waals surface area contributed by atoms with Crippen molar-refractivity contribution in [1.29, 1.82) is 0 Å². The van der Waals surface area contributed by atoms with Crippen molar-refractivity contribution in [3.05, 3.63) is 94.2 Å². The minimum atomic E-state index is -4.50. The number of amides is 1. The first-order chi connectivity index (χ1) is 14.7. The van der Waals surface area contributed by atoms with Crippen molar-refractivity contribution in [1.82, 2.24) is 4.98 Å². The number of nitro benzene ring substituents is 1. The molecule has 0 atom stereocenters. The predicted molar refractivity (Wildman–Crippen MR) is 111 cm³/mol. The van der Waals surface area contributed by atoms with Gasteiger partial charge in [-0.05, 0) is 42.0 Å². The van der Waals surface area contributed by atoms with Gasteiger partial charge in [-0.25, -0.2) is 4.98 Å². The van der Waals surface area contributed by atoms with Gasteiger partial charge in [0.25, 0.3) is 5.69 Å². The molecule has 3 rings (SSSR count). The molecule has 2 aromatic carbocycles. The fourth-order valence-electron chi connectivity index (χ4n) is 2.46. The molecule has 0 saturated heterocycles. The molecule has 0 saturated carbocycles. The van der Waals surface area contributed by atoms with Gasteiger partial charge < -0.3 is 5.32 Å². The van der Waals surface area contributed by atoms with E-state index >= 15 is 0 Å². The van der Waals surface area contributed by atoms with Gasteiger partial charge in [0.15, 0.2) is 0 Å². The van der Waals surface area contributed by atoms with E-state index in [4.69, 9.17) is 0 Å². The molecular formula is C21H14F3N3O3S. The van der Waals surface area contributed by atoms with E-state index in [0.29, 0.717) is 16.1 Å². The van der Waals surface area contributed by atoms with Crippen molar-refractivity contribution in [2.75, 3.05) is 5.32 Å². The summed E-state index contributed by atoms with van der Waals surface area (Å²) in [5.41, 5.74) is -0.130. The molecule has 0 aliphatic carbocycles. The highest BCUT2D eigenvalue weighted by Gasteiger charge is 2.30. The van der Waals surface area contributed by atoms with Gasteiger partial charge in [0.05, 0.1) is 10.5 Å². The zero-order valence-corrected chi connectivity index (χ0v) is 16.5. The summed E-state index contributed by atoms with van der Waals surface area (Å²) in [6.45, 7) is 0. The van der Waals surface area contributed by atoms with Crippen LogP contribution in [0.2, 0.25) is 0 Å². The molecule has 6 nitrogen and oxygen atoms in total. The number of nitrogens with zero attached hydrogens (tertiary/aromatic N) is 2. The number of aromatic nitrogens is 1. The second-order valence-electron chi connectivity index (χ2n) is 6.15. The smallest absolute Gasteiger partial charge is 0.323 e. The molecule has 1 N–H and O–H groups in total. The van der Waals surface area contributed by atoms with Crippen molar-refractivity contribution in [3.8, 4) is 0 Å². The van der Waals surface area contributed by atoms with Crippen molar-refractivity contribution < 1.29 is 22.9 Å². The number of rotatable bonds is 6. The highest BCUT2D eigenvalue weighted by molar-refractivity contribution is 7.99. The summed E-state index contributed by atoms with van der Waals surface area (Å²) in [5, 5.41) is 14.0. The number of pyridine rings is 1. The highest BCUT2D eigenvalue weighted by atomic mass is 32.2. The van der Waals surface area contributed by atoms with Crippen LogP contribution in [0.1, 0.15) is 11.1 Å². The van der Waals surface area contributed by atoms with Gasteiger partial charge in [-0.2, -0.15) is 13.2 Å². The molecule has 0 aliphatic rings. The summed E-state index contributed by atoms with van der Waals surface area (Å²) in [6, 6.07) is 14.8. The first kappa shape index (κ1) is 22.0. The zero-order valence-electron chi connectivity index (χ0n) is 15.7. The Balaban J connectivity index is 1.83. The topological polar surface area (TPSA) is 85.1 Å². The number of benzene rings is 2. The SMILES string of the molecule is O=C(C=Cc1cc([N+](=O)[O-])ccc1Sc1ccc(C(F)(F)F)cn1)Nc1ccccc1. The van der Waals surface area contributed by atoms with Crippen LogP contribution in [0.4, 0.5) is 24.5 Å². The minimum Gasteiger partial charge on any atom is -0.323 e. The van der Waals surface area contributed by atoms with Gasteiger partial charge in [0, 0.05) is 35.0 Å². The molecule has 158 valence electrons. The van der Waals surface area contributed by atoms with Gasteiger partial charge in [0.2, 0.25) is 5.91 Å². The van der Waals surface area contributed by atoms with Crippen LogP contribution < -0.4 is 5.32 Å². The quantitative estimate of drug-likeness (QED) is 0.294. The van der Waals surface area contributed by atoms with Crippen LogP contribution in [-0.4, -0.2) is 15.8 Å². The lowest BCUT2D eigenvalue weighted by Crippen LogP contribution is -2.07. The molecule has 3 aromatic rings. The first-order valence-corrected chi connectivity index (χ1v) is 9.58. The Kier molecular flexibility index (Phi) is 6.71. The number of halogens is 3. The van der Waals surface area contributed by atoms with Crippen LogP contribution in [0.3, 0.4) is 0 Å². The Morgan fingerprint density at radius 3 is 2.45 bits per heavy atom. The van der Waals surface area contributed by atoms with Crippen molar-refractivity contribution in [3.63, 3.8) is 0 Å². The molecule has 0 radical (unpaired) electrons. The van der Waals surface area contributed by atoms with Crippen LogP contribution >= 0.6 is 11.8 Å². The molecule has 1 aromatic heterocycles. The van der Waals surface area contributed by atoms with E-state index in [0.717, 1.165) is 24.0 Å². The molecule has 1 amide bonds. The fraction of sp³-hybridized carbons (Fsp3) is 0.0476. The molecular weight excluding hydrogens is 431 g/mol. The summed E-state index contributed by atoms with van der Waals surface area (Å²) < 4.78 is 38.1. The molecule has 0 spiro atoms. The number of non-ortho nitro benzene ring substituents is 1.